The zero-order valence-electron chi connectivity index (χ0n) is 15.3. The SMILES string of the molecule is CCN(CC(O)c1ccc(C)cc1)C(=O)CC1CC2CCC(C1)N2.Cl. The quantitative estimate of drug-likeness (QED) is 0.812. The number of hydrogen-bond acceptors (Lipinski definition) is 3. The van der Waals surface area contributed by atoms with Gasteiger partial charge in [0.25, 0.3) is 0 Å². The maximum atomic E-state index is 12.7. The fourth-order valence-electron chi connectivity index (χ4n) is 4.23. The van der Waals surface area contributed by atoms with Gasteiger partial charge < -0.3 is 15.3 Å². The van der Waals surface area contributed by atoms with Crippen LogP contribution >= 0.6 is 12.4 Å². The number of piperidine rings is 1. The average molecular weight is 367 g/mol. The van der Waals surface area contributed by atoms with E-state index in [0.29, 0.717) is 37.5 Å². The Labute approximate surface area is 157 Å². The molecule has 0 radical (unpaired) electrons. The number of likely N-dealkylation sites (N-methyl/N-ethyl adjacent to an activating group) is 1. The molecule has 2 aliphatic heterocycles. The number of nitrogens with zero attached hydrogens (tertiary/aromatic N) is 1. The summed E-state index contributed by atoms with van der Waals surface area (Å²) in [5, 5.41) is 14.1. The van der Waals surface area contributed by atoms with Crippen molar-refractivity contribution in [1.29, 1.82) is 0 Å². The van der Waals surface area contributed by atoms with Crippen LogP contribution in [0, 0.1) is 12.8 Å². The second kappa shape index (κ2) is 9.02. The summed E-state index contributed by atoms with van der Waals surface area (Å²) >= 11 is 0. The molecule has 1 aromatic rings. The number of benzene rings is 1. The molecule has 2 aliphatic rings. The van der Waals surface area contributed by atoms with Crippen molar-refractivity contribution < 1.29 is 9.90 Å². The minimum atomic E-state index is -0.612. The Hall–Kier alpha value is -1.10. The molecule has 2 saturated heterocycles. The molecule has 0 saturated carbocycles. The van der Waals surface area contributed by atoms with Gasteiger partial charge in [0.2, 0.25) is 5.91 Å². The first-order valence-corrected chi connectivity index (χ1v) is 9.33. The van der Waals surface area contributed by atoms with Crippen molar-refractivity contribution in [3.8, 4) is 0 Å². The van der Waals surface area contributed by atoms with Crippen LogP contribution in [0.25, 0.3) is 0 Å². The van der Waals surface area contributed by atoms with Crippen molar-refractivity contribution in [3.05, 3.63) is 35.4 Å². The number of carbonyl (C=O) groups excluding carboxylic acids is 1. The van der Waals surface area contributed by atoms with E-state index in [1.165, 1.54) is 18.4 Å². The van der Waals surface area contributed by atoms with Gasteiger partial charge in [0.15, 0.2) is 0 Å². The number of aliphatic hydroxyl groups excluding tert-OH is 1. The summed E-state index contributed by atoms with van der Waals surface area (Å²) in [6, 6.07) is 9.14. The van der Waals surface area contributed by atoms with Gasteiger partial charge >= 0.3 is 0 Å². The van der Waals surface area contributed by atoms with Crippen molar-refractivity contribution in [1.82, 2.24) is 10.2 Å². The topological polar surface area (TPSA) is 52.6 Å². The highest BCUT2D eigenvalue weighted by Gasteiger charge is 2.34. The molecule has 0 aliphatic carbocycles. The lowest BCUT2D eigenvalue weighted by Gasteiger charge is -2.31. The van der Waals surface area contributed by atoms with Crippen LogP contribution in [0.4, 0.5) is 0 Å². The first kappa shape index (κ1) is 20.2. The van der Waals surface area contributed by atoms with Gasteiger partial charge in [-0.2, -0.15) is 0 Å². The van der Waals surface area contributed by atoms with E-state index in [9.17, 15) is 9.90 Å². The first-order chi connectivity index (χ1) is 11.5. The van der Waals surface area contributed by atoms with E-state index in [0.717, 1.165) is 18.4 Å². The molecule has 2 heterocycles. The summed E-state index contributed by atoms with van der Waals surface area (Å²) in [7, 11) is 0. The highest BCUT2D eigenvalue weighted by Crippen LogP contribution is 2.33. The molecule has 3 rings (SSSR count). The number of aliphatic hydroxyl groups is 1. The Morgan fingerprint density at radius 1 is 1.24 bits per heavy atom. The van der Waals surface area contributed by atoms with Crippen molar-refractivity contribution in [2.24, 2.45) is 5.92 Å². The third-order valence-electron chi connectivity index (χ3n) is 5.62. The van der Waals surface area contributed by atoms with Crippen molar-refractivity contribution >= 4 is 18.3 Å². The largest absolute Gasteiger partial charge is 0.387 e. The third-order valence-corrected chi connectivity index (χ3v) is 5.62. The molecule has 3 unspecified atom stereocenters. The summed E-state index contributed by atoms with van der Waals surface area (Å²) in [6.45, 7) is 5.06. The van der Waals surface area contributed by atoms with Crippen LogP contribution in [0.5, 0.6) is 0 Å². The van der Waals surface area contributed by atoms with Crippen molar-refractivity contribution in [2.75, 3.05) is 13.1 Å². The van der Waals surface area contributed by atoms with Crippen LogP contribution in [0.15, 0.2) is 24.3 Å². The van der Waals surface area contributed by atoms with Crippen LogP contribution in [0.1, 0.15) is 56.3 Å². The Kier molecular flexibility index (Phi) is 7.29. The zero-order valence-corrected chi connectivity index (χ0v) is 16.1. The summed E-state index contributed by atoms with van der Waals surface area (Å²) in [6.07, 6.45) is 4.79. The van der Waals surface area contributed by atoms with Crippen molar-refractivity contribution in [2.45, 2.75) is 64.1 Å². The van der Waals surface area contributed by atoms with Gasteiger partial charge in [-0.1, -0.05) is 29.8 Å². The molecule has 25 heavy (non-hydrogen) atoms. The first-order valence-electron chi connectivity index (χ1n) is 9.33. The normalized spacial score (nSPS) is 26.0. The average Bonchev–Trinajstić information content (AvgIpc) is 2.91. The fraction of sp³-hybridized carbons (Fsp3) is 0.650. The van der Waals surface area contributed by atoms with E-state index in [-0.39, 0.29) is 18.3 Å². The Bertz CT molecular complexity index is 551. The van der Waals surface area contributed by atoms with Crippen LogP contribution in [-0.4, -0.2) is 41.1 Å². The number of carbonyl (C=O) groups is 1. The number of aryl methyl sites for hydroxylation is 1. The van der Waals surface area contributed by atoms with E-state index in [4.69, 9.17) is 0 Å². The van der Waals surface area contributed by atoms with Gasteiger partial charge in [-0.25, -0.2) is 0 Å². The molecule has 2 N–H and O–H groups in total. The minimum absolute atomic E-state index is 0. The molecule has 4 nitrogen and oxygen atoms in total. The van der Waals surface area contributed by atoms with Gasteiger partial charge in [0.05, 0.1) is 12.6 Å². The number of halogens is 1. The third kappa shape index (κ3) is 5.19. The van der Waals surface area contributed by atoms with Gasteiger partial charge in [-0.3, -0.25) is 4.79 Å². The lowest BCUT2D eigenvalue weighted by Crippen LogP contribution is -2.41. The number of amides is 1. The molecule has 2 bridgehead atoms. The van der Waals surface area contributed by atoms with Crippen LogP contribution < -0.4 is 5.32 Å². The van der Waals surface area contributed by atoms with E-state index >= 15 is 0 Å². The fourth-order valence-corrected chi connectivity index (χ4v) is 4.23. The molecular formula is C20H31ClN2O2. The van der Waals surface area contributed by atoms with E-state index in [1.807, 2.05) is 43.0 Å². The van der Waals surface area contributed by atoms with E-state index in [1.54, 1.807) is 0 Å². The molecule has 1 amide bonds. The van der Waals surface area contributed by atoms with Crippen LogP contribution in [0.2, 0.25) is 0 Å². The number of hydrogen-bond donors (Lipinski definition) is 2. The molecule has 3 atom stereocenters. The molecule has 0 spiro atoms. The maximum Gasteiger partial charge on any atom is 0.222 e. The van der Waals surface area contributed by atoms with Gasteiger partial charge in [-0.15, -0.1) is 12.4 Å². The monoisotopic (exact) mass is 366 g/mol. The highest BCUT2D eigenvalue weighted by atomic mass is 35.5. The minimum Gasteiger partial charge on any atom is -0.387 e. The lowest BCUT2D eigenvalue weighted by molar-refractivity contribution is -0.133. The maximum absolute atomic E-state index is 12.7. The summed E-state index contributed by atoms with van der Waals surface area (Å²) in [5.41, 5.74) is 2.06. The molecule has 0 aromatic heterocycles. The standard InChI is InChI=1S/C20H30N2O2.ClH/c1-3-22(13-19(23)16-6-4-14(2)5-7-16)20(24)12-15-10-17-8-9-18(11-15)21-17;/h4-7,15,17-19,21,23H,3,8-13H2,1-2H3;1H. The molecule has 2 fully saturated rings. The second-order valence-corrected chi connectivity index (χ2v) is 7.54. The molecule has 1 aromatic carbocycles. The number of nitrogens with one attached hydrogen (secondary N) is 1. The zero-order chi connectivity index (χ0) is 17.1. The molecule has 5 heteroatoms. The van der Waals surface area contributed by atoms with Gasteiger partial charge in [-0.05, 0) is 51.0 Å². The summed E-state index contributed by atoms with van der Waals surface area (Å²) in [5.74, 6) is 0.691. The highest BCUT2D eigenvalue weighted by molar-refractivity contribution is 5.85. The smallest absolute Gasteiger partial charge is 0.222 e. The predicted octanol–water partition coefficient (Wildman–Crippen LogP) is 3.22. The van der Waals surface area contributed by atoms with Gasteiger partial charge in [0, 0.05) is 25.0 Å². The van der Waals surface area contributed by atoms with E-state index in [2.05, 4.69) is 5.32 Å². The van der Waals surface area contributed by atoms with E-state index < -0.39 is 6.10 Å². The number of rotatable bonds is 6. The Balaban J connectivity index is 0.00000225. The Morgan fingerprint density at radius 3 is 2.40 bits per heavy atom. The van der Waals surface area contributed by atoms with Crippen molar-refractivity contribution in [3.63, 3.8) is 0 Å². The lowest BCUT2D eigenvalue weighted by atomic mass is 9.89. The molecular weight excluding hydrogens is 336 g/mol. The molecule has 140 valence electrons. The summed E-state index contributed by atoms with van der Waals surface area (Å²) in [4.78, 5) is 14.5. The van der Waals surface area contributed by atoms with Crippen LogP contribution in [-0.2, 0) is 4.79 Å². The predicted molar refractivity (Wildman–Crippen MR) is 103 cm³/mol. The van der Waals surface area contributed by atoms with Crippen LogP contribution in [0.3, 0.4) is 0 Å². The van der Waals surface area contributed by atoms with Gasteiger partial charge in [0.1, 0.15) is 0 Å². The number of fused-ring (bicyclic) bond motifs is 2. The second-order valence-electron chi connectivity index (χ2n) is 7.54. The Morgan fingerprint density at radius 2 is 1.84 bits per heavy atom. The summed E-state index contributed by atoms with van der Waals surface area (Å²) < 4.78 is 0.